The molecule has 2 aromatic carbocycles. The van der Waals surface area contributed by atoms with Gasteiger partial charge in [-0.3, -0.25) is 9.48 Å². The van der Waals surface area contributed by atoms with Gasteiger partial charge in [0.15, 0.2) is 0 Å². The number of benzene rings is 2. The van der Waals surface area contributed by atoms with Crippen LogP contribution in [0.2, 0.25) is 0 Å². The maximum Gasteiger partial charge on any atom is 0.220 e. The lowest BCUT2D eigenvalue weighted by molar-refractivity contribution is -0.122. The van der Waals surface area contributed by atoms with E-state index < -0.39 is 23.8 Å². The molecule has 2 unspecified atom stereocenters. The van der Waals surface area contributed by atoms with Gasteiger partial charge in [-0.2, -0.15) is 5.10 Å². The van der Waals surface area contributed by atoms with Crippen molar-refractivity contribution in [3.63, 3.8) is 0 Å². The second-order valence-electron chi connectivity index (χ2n) is 8.75. The molecule has 0 aliphatic heterocycles. The van der Waals surface area contributed by atoms with E-state index in [2.05, 4.69) is 34.8 Å². The summed E-state index contributed by atoms with van der Waals surface area (Å²) >= 11 is 0. The highest BCUT2D eigenvalue weighted by Crippen LogP contribution is 2.13. The van der Waals surface area contributed by atoms with Crippen LogP contribution in [0.3, 0.4) is 0 Å². The van der Waals surface area contributed by atoms with Crippen molar-refractivity contribution < 1.29 is 18.7 Å². The number of aliphatic hydroxyl groups excluding tert-OH is 1. The van der Waals surface area contributed by atoms with Crippen molar-refractivity contribution in [2.24, 2.45) is 0 Å². The van der Waals surface area contributed by atoms with Gasteiger partial charge in [0, 0.05) is 44.5 Å². The monoisotopic (exact) mass is 484 g/mol. The van der Waals surface area contributed by atoms with Gasteiger partial charge in [-0.25, -0.2) is 8.78 Å². The van der Waals surface area contributed by atoms with Gasteiger partial charge in [0.2, 0.25) is 5.91 Å². The second kappa shape index (κ2) is 13.7. The van der Waals surface area contributed by atoms with Gasteiger partial charge in [-0.1, -0.05) is 31.2 Å². The summed E-state index contributed by atoms with van der Waals surface area (Å²) in [6, 6.07) is 12.6. The first-order valence-corrected chi connectivity index (χ1v) is 12.1. The number of aliphatic hydroxyl groups is 1. The van der Waals surface area contributed by atoms with Crippen molar-refractivity contribution in [2.45, 2.75) is 64.3 Å². The molecule has 1 heterocycles. The van der Waals surface area contributed by atoms with E-state index in [1.54, 1.807) is 6.20 Å². The van der Waals surface area contributed by atoms with E-state index in [9.17, 15) is 18.7 Å². The maximum atomic E-state index is 13.7. The average molecular weight is 485 g/mol. The van der Waals surface area contributed by atoms with E-state index in [1.807, 2.05) is 29.1 Å². The number of unbranched alkanes of at least 4 members (excludes halogenated alkanes) is 1. The zero-order valence-corrected chi connectivity index (χ0v) is 20.1. The molecule has 0 fully saturated rings. The third kappa shape index (κ3) is 9.22. The largest absolute Gasteiger partial charge is 0.390 e. The fourth-order valence-corrected chi connectivity index (χ4v) is 4.00. The molecule has 3 rings (SSSR count). The third-order valence-corrected chi connectivity index (χ3v) is 5.87. The van der Waals surface area contributed by atoms with Crippen LogP contribution < -0.4 is 10.6 Å². The number of hydrogen-bond donors (Lipinski definition) is 3. The molecule has 3 N–H and O–H groups in total. The van der Waals surface area contributed by atoms with Gasteiger partial charge in [-0.15, -0.1) is 0 Å². The van der Waals surface area contributed by atoms with Gasteiger partial charge in [0.25, 0.3) is 0 Å². The van der Waals surface area contributed by atoms with Crippen LogP contribution in [0.25, 0.3) is 0 Å². The molecular weight excluding hydrogens is 450 g/mol. The highest BCUT2D eigenvalue weighted by Gasteiger charge is 2.22. The molecule has 3 aromatic rings. The van der Waals surface area contributed by atoms with Crippen molar-refractivity contribution in [1.82, 2.24) is 20.4 Å². The number of aryl methyl sites for hydroxylation is 2. The number of halogens is 2. The topological polar surface area (TPSA) is 79.2 Å². The lowest BCUT2D eigenvalue weighted by Crippen LogP contribution is -2.48. The molecule has 1 aromatic heterocycles. The summed E-state index contributed by atoms with van der Waals surface area (Å²) in [5.74, 6) is -1.58. The Kier molecular flexibility index (Phi) is 10.4. The highest BCUT2D eigenvalue weighted by atomic mass is 19.1. The SMILES string of the molecule is CCc1cccc(CNCC(O)C(Cc2cc(F)cc(F)c2)NC(=O)CCCCn2cccn2)c1. The first-order valence-electron chi connectivity index (χ1n) is 12.1. The molecule has 0 aliphatic carbocycles. The molecule has 0 spiro atoms. The molecule has 0 aliphatic rings. The van der Waals surface area contributed by atoms with Crippen LogP contribution in [0.4, 0.5) is 8.78 Å². The predicted molar refractivity (Wildman–Crippen MR) is 132 cm³/mol. The number of hydrogen-bond acceptors (Lipinski definition) is 4. The Morgan fingerprint density at radius 1 is 1.06 bits per heavy atom. The Hall–Kier alpha value is -3.10. The summed E-state index contributed by atoms with van der Waals surface area (Å²) in [5.41, 5.74) is 2.71. The molecule has 0 saturated heterocycles. The molecule has 0 bridgehead atoms. The molecular formula is C27H34F2N4O2. The number of nitrogens with one attached hydrogen (secondary N) is 2. The molecule has 0 radical (unpaired) electrons. The lowest BCUT2D eigenvalue weighted by atomic mass is 10.00. The number of carbonyl (C=O) groups excluding carboxylic acids is 1. The second-order valence-corrected chi connectivity index (χ2v) is 8.75. The van der Waals surface area contributed by atoms with Crippen LogP contribution in [0.5, 0.6) is 0 Å². The van der Waals surface area contributed by atoms with E-state index >= 15 is 0 Å². The molecule has 6 nitrogen and oxygen atoms in total. The van der Waals surface area contributed by atoms with Crippen LogP contribution in [0.15, 0.2) is 60.9 Å². The Labute approximate surface area is 205 Å². The first-order chi connectivity index (χ1) is 16.9. The van der Waals surface area contributed by atoms with E-state index in [0.29, 0.717) is 24.9 Å². The Morgan fingerprint density at radius 2 is 1.83 bits per heavy atom. The van der Waals surface area contributed by atoms with Gasteiger partial charge in [-0.05, 0) is 60.6 Å². The average Bonchev–Trinajstić information content (AvgIpc) is 3.34. The number of aromatic nitrogens is 2. The summed E-state index contributed by atoms with van der Waals surface area (Å²) in [4.78, 5) is 12.6. The van der Waals surface area contributed by atoms with E-state index in [-0.39, 0.29) is 18.9 Å². The smallest absolute Gasteiger partial charge is 0.220 e. The number of amides is 1. The van der Waals surface area contributed by atoms with Gasteiger partial charge in [0.1, 0.15) is 11.6 Å². The Morgan fingerprint density at radius 3 is 2.54 bits per heavy atom. The van der Waals surface area contributed by atoms with E-state index in [0.717, 1.165) is 31.0 Å². The van der Waals surface area contributed by atoms with Crippen LogP contribution in [-0.2, 0) is 30.7 Å². The maximum absolute atomic E-state index is 13.7. The molecule has 8 heteroatoms. The van der Waals surface area contributed by atoms with Crippen molar-refractivity contribution in [3.8, 4) is 0 Å². The van der Waals surface area contributed by atoms with E-state index in [4.69, 9.17) is 0 Å². The van der Waals surface area contributed by atoms with Crippen molar-refractivity contribution in [2.75, 3.05) is 6.54 Å². The zero-order chi connectivity index (χ0) is 25.0. The quantitative estimate of drug-likeness (QED) is 0.305. The fourth-order valence-electron chi connectivity index (χ4n) is 4.00. The first kappa shape index (κ1) is 26.5. The molecule has 35 heavy (non-hydrogen) atoms. The zero-order valence-electron chi connectivity index (χ0n) is 20.1. The van der Waals surface area contributed by atoms with Crippen LogP contribution >= 0.6 is 0 Å². The van der Waals surface area contributed by atoms with Gasteiger partial charge >= 0.3 is 0 Å². The van der Waals surface area contributed by atoms with Crippen molar-refractivity contribution in [3.05, 3.63) is 89.2 Å². The number of nitrogens with zero attached hydrogens (tertiary/aromatic N) is 2. The summed E-state index contributed by atoms with van der Waals surface area (Å²) < 4.78 is 29.2. The minimum atomic E-state index is -0.941. The summed E-state index contributed by atoms with van der Waals surface area (Å²) in [5, 5.41) is 21.1. The van der Waals surface area contributed by atoms with Crippen LogP contribution in [0.1, 0.15) is 42.9 Å². The standard InChI is InChI=1S/C27H34F2N4O2/c1-2-20-7-5-8-21(13-20)18-30-19-26(34)25(16-22-14-23(28)17-24(29)15-22)32-27(35)9-3-4-11-33-12-6-10-31-33/h5-8,10,12-15,17,25-26,30,34H,2-4,9,11,16,18-19H2,1H3,(H,32,35). The Balaban J connectivity index is 1.55. The summed E-state index contributed by atoms with van der Waals surface area (Å²) in [6.07, 6.45) is 5.44. The molecule has 0 saturated carbocycles. The molecule has 1 amide bonds. The minimum Gasteiger partial charge on any atom is -0.390 e. The highest BCUT2D eigenvalue weighted by molar-refractivity contribution is 5.76. The predicted octanol–water partition coefficient (Wildman–Crippen LogP) is 3.77. The fraction of sp³-hybridized carbons (Fsp3) is 0.407. The number of rotatable bonds is 14. The number of carbonyl (C=O) groups is 1. The van der Waals surface area contributed by atoms with Crippen molar-refractivity contribution in [1.29, 1.82) is 0 Å². The molecule has 2 atom stereocenters. The Bertz CT molecular complexity index is 1040. The normalized spacial score (nSPS) is 12.9. The van der Waals surface area contributed by atoms with E-state index in [1.165, 1.54) is 17.7 Å². The van der Waals surface area contributed by atoms with Crippen molar-refractivity contribution >= 4 is 5.91 Å². The lowest BCUT2D eigenvalue weighted by Gasteiger charge is -2.25. The summed E-state index contributed by atoms with van der Waals surface area (Å²) in [6.45, 7) is 3.60. The molecule has 188 valence electrons. The summed E-state index contributed by atoms with van der Waals surface area (Å²) in [7, 11) is 0. The minimum absolute atomic E-state index is 0.113. The van der Waals surface area contributed by atoms with Gasteiger partial charge in [0.05, 0.1) is 12.1 Å². The van der Waals surface area contributed by atoms with Crippen LogP contribution in [0, 0.1) is 11.6 Å². The van der Waals surface area contributed by atoms with Crippen LogP contribution in [-0.4, -0.2) is 39.5 Å². The third-order valence-electron chi connectivity index (χ3n) is 5.87. The van der Waals surface area contributed by atoms with Gasteiger partial charge < -0.3 is 15.7 Å².